The minimum absolute atomic E-state index is 0.0480. The van der Waals surface area contributed by atoms with Gasteiger partial charge in [0.2, 0.25) is 11.8 Å². The van der Waals surface area contributed by atoms with Gasteiger partial charge in [0.15, 0.2) is 0 Å². The lowest BCUT2D eigenvalue weighted by Gasteiger charge is -2.34. The first-order valence-corrected chi connectivity index (χ1v) is 17.6. The molecular weight excluding hydrogens is 685 g/mol. The minimum Gasteiger partial charge on any atom is -0.494 e. The van der Waals surface area contributed by atoms with E-state index in [9.17, 15) is 22.4 Å². The van der Waals surface area contributed by atoms with Crippen LogP contribution in [0.2, 0.25) is 0 Å². The molecule has 1 atom stereocenters. The molecule has 0 aliphatic heterocycles. The summed E-state index contributed by atoms with van der Waals surface area (Å²) in [5.41, 5.74) is 1.80. The van der Waals surface area contributed by atoms with Crippen molar-refractivity contribution in [1.29, 1.82) is 0 Å². The average Bonchev–Trinajstić information content (AvgIpc) is 3.06. The summed E-state index contributed by atoms with van der Waals surface area (Å²) in [5.74, 6) is -0.828. The van der Waals surface area contributed by atoms with Crippen LogP contribution < -0.4 is 14.4 Å². The molecule has 0 aliphatic rings. The van der Waals surface area contributed by atoms with Crippen molar-refractivity contribution in [2.45, 2.75) is 44.7 Å². The lowest BCUT2D eigenvalue weighted by atomic mass is 10.0. The Morgan fingerprint density at radius 1 is 0.872 bits per heavy atom. The number of amides is 2. The fourth-order valence-corrected chi connectivity index (χ4v) is 6.58. The van der Waals surface area contributed by atoms with Gasteiger partial charge in [0, 0.05) is 24.0 Å². The van der Waals surface area contributed by atoms with Crippen LogP contribution in [0, 0.1) is 11.7 Å². The summed E-state index contributed by atoms with van der Waals surface area (Å²) in [6.45, 7) is 6.04. The van der Waals surface area contributed by atoms with Crippen LogP contribution in [-0.2, 0) is 32.6 Å². The molecule has 47 heavy (non-hydrogen) atoms. The maximum atomic E-state index is 14.5. The highest BCUT2D eigenvalue weighted by atomic mass is 79.9. The third kappa shape index (κ3) is 9.89. The van der Waals surface area contributed by atoms with Crippen molar-refractivity contribution >= 4 is 43.5 Å². The number of nitrogens with one attached hydrogen (secondary N) is 1. The number of hydrogen-bond acceptors (Lipinski definition) is 5. The second-order valence-corrected chi connectivity index (χ2v) is 14.2. The lowest BCUT2D eigenvalue weighted by Crippen LogP contribution is -2.53. The summed E-state index contributed by atoms with van der Waals surface area (Å²) in [4.78, 5) is 29.6. The van der Waals surface area contributed by atoms with E-state index < -0.39 is 34.3 Å². The standard InChI is InChI=1S/C36H39BrFN3O5S/c1-4-46-32-18-16-31(17-19-32)41(47(44,45)33-20-14-30(38)15-21-33)25-35(42)40(24-28-10-12-29(37)13-11-28)34(36(43)39-23-26(2)3)22-27-8-6-5-7-9-27/h5-21,26,34H,4,22-25H2,1-3H3,(H,39,43)/t34-/m0/s1. The van der Waals surface area contributed by atoms with Crippen LogP contribution >= 0.6 is 15.9 Å². The highest BCUT2D eigenvalue weighted by Gasteiger charge is 2.34. The van der Waals surface area contributed by atoms with E-state index in [0.717, 1.165) is 44.2 Å². The highest BCUT2D eigenvalue weighted by Crippen LogP contribution is 2.27. The van der Waals surface area contributed by atoms with Gasteiger partial charge in [-0.3, -0.25) is 13.9 Å². The molecule has 0 fully saturated rings. The van der Waals surface area contributed by atoms with Crippen LogP contribution in [0.4, 0.5) is 10.1 Å². The van der Waals surface area contributed by atoms with Crippen molar-refractivity contribution in [2.75, 3.05) is 24.0 Å². The molecule has 11 heteroatoms. The summed E-state index contributed by atoms with van der Waals surface area (Å²) in [6.07, 6.45) is 0.209. The third-order valence-electron chi connectivity index (χ3n) is 7.34. The number of hydrogen-bond donors (Lipinski definition) is 1. The largest absolute Gasteiger partial charge is 0.494 e. The molecule has 0 unspecified atom stereocenters. The normalized spacial score (nSPS) is 12.0. The molecule has 0 aliphatic carbocycles. The Balaban J connectivity index is 1.79. The second-order valence-electron chi connectivity index (χ2n) is 11.4. The molecule has 4 aromatic carbocycles. The van der Waals surface area contributed by atoms with Crippen molar-refractivity contribution in [3.63, 3.8) is 0 Å². The molecule has 4 aromatic rings. The van der Waals surface area contributed by atoms with Gasteiger partial charge < -0.3 is 15.0 Å². The Morgan fingerprint density at radius 2 is 1.51 bits per heavy atom. The molecule has 0 aromatic heterocycles. The predicted molar refractivity (Wildman–Crippen MR) is 185 cm³/mol. The van der Waals surface area contributed by atoms with E-state index in [1.54, 1.807) is 24.3 Å². The lowest BCUT2D eigenvalue weighted by molar-refractivity contribution is -0.140. The topological polar surface area (TPSA) is 96.0 Å². The summed E-state index contributed by atoms with van der Waals surface area (Å²) in [5, 5.41) is 2.98. The van der Waals surface area contributed by atoms with Crippen LogP contribution in [0.1, 0.15) is 31.9 Å². The van der Waals surface area contributed by atoms with Gasteiger partial charge in [-0.1, -0.05) is 72.2 Å². The maximum Gasteiger partial charge on any atom is 0.264 e. The summed E-state index contributed by atoms with van der Waals surface area (Å²) >= 11 is 3.44. The van der Waals surface area contributed by atoms with E-state index in [4.69, 9.17) is 4.74 Å². The molecule has 0 saturated heterocycles. The zero-order valence-corrected chi connectivity index (χ0v) is 29.0. The molecule has 8 nitrogen and oxygen atoms in total. The molecule has 2 amide bonds. The van der Waals surface area contributed by atoms with Gasteiger partial charge in [0.25, 0.3) is 10.0 Å². The van der Waals surface area contributed by atoms with Crippen molar-refractivity contribution in [1.82, 2.24) is 10.2 Å². The molecule has 248 valence electrons. The smallest absolute Gasteiger partial charge is 0.264 e. The SMILES string of the molecule is CCOc1ccc(N(CC(=O)N(Cc2ccc(Br)cc2)[C@@H](Cc2ccccc2)C(=O)NCC(C)C)S(=O)(=O)c2ccc(F)cc2)cc1. The molecule has 0 heterocycles. The Bertz CT molecular complexity index is 1720. The molecular formula is C36H39BrFN3O5S. The van der Waals surface area contributed by atoms with Crippen molar-refractivity contribution in [2.24, 2.45) is 5.92 Å². The van der Waals surface area contributed by atoms with Crippen LogP contribution in [0.3, 0.4) is 0 Å². The van der Waals surface area contributed by atoms with Crippen molar-refractivity contribution in [3.8, 4) is 5.75 Å². The van der Waals surface area contributed by atoms with E-state index >= 15 is 0 Å². The first-order chi connectivity index (χ1) is 22.5. The average molecular weight is 725 g/mol. The van der Waals surface area contributed by atoms with Gasteiger partial charge >= 0.3 is 0 Å². The van der Waals surface area contributed by atoms with Crippen molar-refractivity contribution in [3.05, 3.63) is 125 Å². The van der Waals surface area contributed by atoms with E-state index in [0.29, 0.717) is 18.9 Å². The van der Waals surface area contributed by atoms with Gasteiger partial charge in [-0.05, 0) is 84.6 Å². The molecule has 0 bridgehead atoms. The summed E-state index contributed by atoms with van der Waals surface area (Å²) < 4.78 is 49.4. The number of anilines is 1. The van der Waals surface area contributed by atoms with Crippen LogP contribution in [-0.4, -0.2) is 50.9 Å². The molecule has 0 saturated carbocycles. The van der Waals surface area contributed by atoms with Gasteiger partial charge in [0.05, 0.1) is 17.2 Å². The Morgan fingerprint density at radius 3 is 2.11 bits per heavy atom. The Labute approximate surface area is 284 Å². The van der Waals surface area contributed by atoms with Gasteiger partial charge in [-0.15, -0.1) is 0 Å². The maximum absolute atomic E-state index is 14.5. The Kier molecular flexibility index (Phi) is 12.6. The molecule has 4 rings (SSSR count). The first kappa shape index (κ1) is 35.6. The minimum atomic E-state index is -4.36. The number of sulfonamides is 1. The number of ether oxygens (including phenoxy) is 1. The number of benzene rings is 4. The van der Waals surface area contributed by atoms with Gasteiger partial charge in [0.1, 0.15) is 24.2 Å². The van der Waals surface area contributed by atoms with Gasteiger partial charge in [-0.2, -0.15) is 0 Å². The summed E-state index contributed by atoms with van der Waals surface area (Å²) in [7, 11) is -4.36. The third-order valence-corrected chi connectivity index (χ3v) is 9.65. The Hall–Kier alpha value is -4.22. The number of rotatable bonds is 15. The summed E-state index contributed by atoms with van der Waals surface area (Å²) in [6, 6.07) is 26.6. The van der Waals surface area contributed by atoms with E-state index in [-0.39, 0.29) is 35.4 Å². The number of nitrogens with zero attached hydrogens (tertiary/aromatic N) is 2. The predicted octanol–water partition coefficient (Wildman–Crippen LogP) is 6.59. The van der Waals surface area contributed by atoms with Gasteiger partial charge in [-0.25, -0.2) is 12.8 Å². The van der Waals surface area contributed by atoms with E-state index in [1.165, 1.54) is 4.90 Å². The van der Waals surface area contributed by atoms with Crippen LogP contribution in [0.5, 0.6) is 5.75 Å². The fourth-order valence-electron chi connectivity index (χ4n) is 4.90. The van der Waals surface area contributed by atoms with E-state index in [1.807, 2.05) is 75.4 Å². The second kappa shape index (κ2) is 16.6. The quantitative estimate of drug-likeness (QED) is 0.149. The molecule has 0 spiro atoms. The molecule has 1 N–H and O–H groups in total. The fraction of sp³-hybridized carbons (Fsp3) is 0.278. The van der Waals surface area contributed by atoms with Crippen LogP contribution in [0.15, 0.2) is 112 Å². The first-order valence-electron chi connectivity index (χ1n) is 15.3. The van der Waals surface area contributed by atoms with E-state index in [2.05, 4.69) is 21.2 Å². The number of carbonyl (C=O) groups excluding carboxylic acids is 2. The number of carbonyl (C=O) groups is 2. The zero-order chi connectivity index (χ0) is 34.0. The zero-order valence-electron chi connectivity index (χ0n) is 26.6. The monoisotopic (exact) mass is 723 g/mol. The van der Waals surface area contributed by atoms with Crippen LogP contribution in [0.25, 0.3) is 0 Å². The number of halogens is 2. The molecule has 0 radical (unpaired) electrons. The van der Waals surface area contributed by atoms with Crippen molar-refractivity contribution < 1.29 is 27.1 Å². The highest BCUT2D eigenvalue weighted by molar-refractivity contribution is 9.10.